The minimum Gasteiger partial charge on any atom is -0.496 e. The van der Waals surface area contributed by atoms with Gasteiger partial charge in [-0.2, -0.15) is 0 Å². The molecule has 5 nitrogen and oxygen atoms in total. The zero-order valence-corrected chi connectivity index (χ0v) is 11.1. The van der Waals surface area contributed by atoms with E-state index in [1.807, 2.05) is 0 Å². The molecule has 5 heteroatoms. The molecule has 0 aromatic heterocycles. The standard InChI is InChI=1S/C14H16O5/c1-4-19-14(16)6-5-11-12(17-2)7-10(9-15)8-13(11)18-3/h5-9H,4H2,1-3H3. The van der Waals surface area contributed by atoms with Crippen molar-refractivity contribution >= 4 is 18.3 Å². The van der Waals surface area contributed by atoms with Crippen molar-refractivity contribution in [3.63, 3.8) is 0 Å². The van der Waals surface area contributed by atoms with Crippen molar-refractivity contribution in [2.75, 3.05) is 20.8 Å². The molecule has 0 saturated carbocycles. The number of esters is 1. The van der Waals surface area contributed by atoms with Crippen LogP contribution in [0.2, 0.25) is 0 Å². The molecule has 0 aliphatic heterocycles. The lowest BCUT2D eigenvalue weighted by atomic mass is 10.1. The first kappa shape index (κ1) is 14.8. The zero-order valence-electron chi connectivity index (χ0n) is 11.1. The number of benzene rings is 1. The van der Waals surface area contributed by atoms with Crippen LogP contribution in [0.4, 0.5) is 0 Å². The van der Waals surface area contributed by atoms with Crippen LogP contribution < -0.4 is 9.47 Å². The van der Waals surface area contributed by atoms with Gasteiger partial charge in [-0.05, 0) is 25.1 Å². The van der Waals surface area contributed by atoms with E-state index >= 15 is 0 Å². The highest BCUT2D eigenvalue weighted by atomic mass is 16.5. The first-order valence-electron chi connectivity index (χ1n) is 5.72. The van der Waals surface area contributed by atoms with E-state index in [9.17, 15) is 9.59 Å². The summed E-state index contributed by atoms with van der Waals surface area (Å²) in [6, 6.07) is 3.14. The molecule has 0 fully saturated rings. The molecule has 0 saturated heterocycles. The largest absolute Gasteiger partial charge is 0.496 e. The number of ether oxygens (including phenoxy) is 3. The summed E-state index contributed by atoms with van der Waals surface area (Å²) in [6.45, 7) is 2.04. The molecule has 0 amide bonds. The van der Waals surface area contributed by atoms with Crippen LogP contribution in [0.25, 0.3) is 6.08 Å². The van der Waals surface area contributed by atoms with Crippen molar-refractivity contribution in [2.24, 2.45) is 0 Å². The van der Waals surface area contributed by atoms with Gasteiger partial charge in [-0.1, -0.05) is 0 Å². The number of aldehydes is 1. The van der Waals surface area contributed by atoms with Crippen molar-refractivity contribution in [1.29, 1.82) is 0 Å². The zero-order chi connectivity index (χ0) is 14.3. The predicted octanol–water partition coefficient (Wildman–Crippen LogP) is 2.09. The van der Waals surface area contributed by atoms with E-state index in [1.165, 1.54) is 26.4 Å². The van der Waals surface area contributed by atoms with Crippen molar-refractivity contribution in [1.82, 2.24) is 0 Å². The van der Waals surface area contributed by atoms with Crippen LogP contribution in [0.5, 0.6) is 11.5 Å². The number of carbonyl (C=O) groups excluding carboxylic acids is 2. The Labute approximate surface area is 111 Å². The minimum atomic E-state index is -0.453. The second-order valence-electron chi connectivity index (χ2n) is 3.54. The van der Waals surface area contributed by atoms with Gasteiger partial charge in [-0.15, -0.1) is 0 Å². The third-order valence-corrected chi connectivity index (χ3v) is 2.38. The lowest BCUT2D eigenvalue weighted by Crippen LogP contribution is -2.00. The first-order valence-corrected chi connectivity index (χ1v) is 5.72. The molecule has 1 aromatic carbocycles. The number of hydrogen-bond acceptors (Lipinski definition) is 5. The molecule has 1 aromatic rings. The summed E-state index contributed by atoms with van der Waals surface area (Å²) in [5.74, 6) is 0.440. The molecule has 0 radical (unpaired) electrons. The molecule has 1 rings (SSSR count). The van der Waals surface area contributed by atoms with Crippen molar-refractivity contribution in [3.8, 4) is 11.5 Å². The smallest absolute Gasteiger partial charge is 0.330 e. The van der Waals surface area contributed by atoms with Gasteiger partial charge in [0.05, 0.1) is 26.4 Å². The Morgan fingerprint density at radius 3 is 2.21 bits per heavy atom. The van der Waals surface area contributed by atoms with Gasteiger partial charge >= 0.3 is 5.97 Å². The Bertz CT molecular complexity index is 466. The van der Waals surface area contributed by atoms with Crippen LogP contribution in [-0.4, -0.2) is 33.1 Å². The molecule has 0 atom stereocenters. The predicted molar refractivity (Wildman–Crippen MR) is 70.6 cm³/mol. The molecular formula is C14H16O5. The van der Waals surface area contributed by atoms with Gasteiger partial charge in [0.25, 0.3) is 0 Å². The second kappa shape index (κ2) is 7.20. The topological polar surface area (TPSA) is 61.8 Å². The number of rotatable bonds is 6. The van der Waals surface area contributed by atoms with Gasteiger partial charge in [0.2, 0.25) is 0 Å². The summed E-state index contributed by atoms with van der Waals surface area (Å²) in [7, 11) is 2.95. The highest BCUT2D eigenvalue weighted by molar-refractivity contribution is 5.89. The number of hydrogen-bond donors (Lipinski definition) is 0. The summed E-state index contributed by atoms with van der Waals surface area (Å²) >= 11 is 0. The third kappa shape index (κ3) is 3.84. The van der Waals surface area contributed by atoms with Gasteiger partial charge in [0.15, 0.2) is 0 Å². The van der Waals surface area contributed by atoms with Gasteiger partial charge in [-0.25, -0.2) is 4.79 Å². The second-order valence-corrected chi connectivity index (χ2v) is 3.54. The summed E-state index contributed by atoms with van der Waals surface area (Å²) in [4.78, 5) is 22.1. The average Bonchev–Trinajstić information content (AvgIpc) is 2.44. The van der Waals surface area contributed by atoms with Crippen molar-refractivity contribution in [2.45, 2.75) is 6.92 Å². The van der Waals surface area contributed by atoms with Crippen LogP contribution in [0.1, 0.15) is 22.8 Å². The summed E-state index contributed by atoms with van der Waals surface area (Å²) in [6.07, 6.45) is 3.51. The Morgan fingerprint density at radius 1 is 1.21 bits per heavy atom. The van der Waals surface area contributed by atoms with Gasteiger partial charge < -0.3 is 14.2 Å². The fourth-order valence-electron chi connectivity index (χ4n) is 1.53. The van der Waals surface area contributed by atoms with Crippen LogP contribution in [0.15, 0.2) is 18.2 Å². The first-order chi connectivity index (χ1) is 9.15. The molecule has 0 unspecified atom stereocenters. The lowest BCUT2D eigenvalue weighted by molar-refractivity contribution is -0.137. The van der Waals surface area contributed by atoms with Crippen molar-refractivity contribution < 1.29 is 23.8 Å². The van der Waals surface area contributed by atoms with Gasteiger partial charge in [0, 0.05) is 11.6 Å². The monoisotopic (exact) mass is 264 g/mol. The Morgan fingerprint density at radius 2 is 1.79 bits per heavy atom. The van der Waals surface area contributed by atoms with Gasteiger partial charge in [-0.3, -0.25) is 4.79 Å². The normalized spacial score (nSPS) is 10.3. The quantitative estimate of drug-likeness (QED) is 0.447. The Hall–Kier alpha value is -2.30. The molecular weight excluding hydrogens is 248 g/mol. The molecule has 0 aliphatic rings. The van der Waals surface area contributed by atoms with E-state index in [4.69, 9.17) is 14.2 Å². The van der Waals surface area contributed by atoms with E-state index in [2.05, 4.69) is 0 Å². The number of carbonyl (C=O) groups is 2. The van der Waals surface area contributed by atoms with E-state index in [-0.39, 0.29) is 0 Å². The molecule has 19 heavy (non-hydrogen) atoms. The summed E-state index contributed by atoms with van der Waals surface area (Å²) in [5.41, 5.74) is 1.01. The lowest BCUT2D eigenvalue weighted by Gasteiger charge is -2.11. The van der Waals surface area contributed by atoms with E-state index < -0.39 is 5.97 Å². The Kier molecular flexibility index (Phi) is 5.60. The highest BCUT2D eigenvalue weighted by Crippen LogP contribution is 2.31. The summed E-state index contributed by atoms with van der Waals surface area (Å²) in [5, 5.41) is 0. The van der Waals surface area contributed by atoms with Crippen LogP contribution in [0.3, 0.4) is 0 Å². The van der Waals surface area contributed by atoms with Crippen LogP contribution in [0, 0.1) is 0 Å². The van der Waals surface area contributed by atoms with Gasteiger partial charge in [0.1, 0.15) is 17.8 Å². The maximum Gasteiger partial charge on any atom is 0.330 e. The third-order valence-electron chi connectivity index (χ3n) is 2.38. The maximum atomic E-state index is 11.3. The minimum absolute atomic E-state index is 0.307. The van der Waals surface area contributed by atoms with Crippen molar-refractivity contribution in [3.05, 3.63) is 29.3 Å². The van der Waals surface area contributed by atoms with Crippen LogP contribution >= 0.6 is 0 Å². The fourth-order valence-corrected chi connectivity index (χ4v) is 1.53. The van der Waals surface area contributed by atoms with E-state index in [0.717, 1.165) is 0 Å². The fraction of sp³-hybridized carbons (Fsp3) is 0.286. The Balaban J connectivity index is 3.17. The highest BCUT2D eigenvalue weighted by Gasteiger charge is 2.10. The SMILES string of the molecule is CCOC(=O)C=Cc1c(OC)cc(C=O)cc1OC. The molecule has 0 heterocycles. The van der Waals surface area contributed by atoms with E-state index in [0.29, 0.717) is 35.5 Å². The average molecular weight is 264 g/mol. The van der Waals surface area contributed by atoms with E-state index in [1.54, 1.807) is 19.1 Å². The molecule has 0 N–H and O–H groups in total. The molecule has 102 valence electrons. The molecule has 0 bridgehead atoms. The van der Waals surface area contributed by atoms with Crippen LogP contribution in [-0.2, 0) is 9.53 Å². The molecule has 0 spiro atoms. The summed E-state index contributed by atoms with van der Waals surface area (Å²) < 4.78 is 15.2. The molecule has 0 aliphatic carbocycles. The number of methoxy groups -OCH3 is 2. The maximum absolute atomic E-state index is 11.3.